The minimum Gasteiger partial charge on any atom is -0.497 e. The van der Waals surface area contributed by atoms with Gasteiger partial charge in [-0.3, -0.25) is 4.99 Å². The molecule has 0 aliphatic carbocycles. The van der Waals surface area contributed by atoms with Gasteiger partial charge in [0.2, 0.25) is 0 Å². The lowest BCUT2D eigenvalue weighted by Crippen LogP contribution is -2.38. The van der Waals surface area contributed by atoms with Crippen molar-refractivity contribution >= 4 is 29.9 Å². The zero-order chi connectivity index (χ0) is 13.4. The van der Waals surface area contributed by atoms with E-state index in [-0.39, 0.29) is 24.0 Å². The van der Waals surface area contributed by atoms with Crippen LogP contribution in [-0.2, 0) is 6.54 Å². The third kappa shape index (κ3) is 7.25. The number of hydrogen-bond acceptors (Lipinski definition) is 2. The van der Waals surface area contributed by atoms with E-state index in [1.165, 1.54) is 5.56 Å². The molecule has 1 rings (SSSR count). The van der Waals surface area contributed by atoms with Crippen LogP contribution in [0.2, 0.25) is 0 Å². The summed E-state index contributed by atoms with van der Waals surface area (Å²) in [6, 6.07) is 8.00. The maximum atomic E-state index is 5.19. The van der Waals surface area contributed by atoms with E-state index in [1.54, 1.807) is 14.2 Å². The highest BCUT2D eigenvalue weighted by Gasteiger charge is 2.00. The predicted octanol–water partition coefficient (Wildman–Crippen LogP) is 2.63. The summed E-state index contributed by atoms with van der Waals surface area (Å²) in [7, 11) is 3.46. The van der Waals surface area contributed by atoms with Gasteiger partial charge in [0.05, 0.1) is 7.11 Å². The number of rotatable bonds is 5. The minimum atomic E-state index is 0. The van der Waals surface area contributed by atoms with E-state index in [1.807, 2.05) is 18.2 Å². The topological polar surface area (TPSA) is 45.7 Å². The van der Waals surface area contributed by atoms with Crippen molar-refractivity contribution in [2.45, 2.75) is 20.4 Å². The fourth-order valence-corrected chi connectivity index (χ4v) is 1.49. The van der Waals surface area contributed by atoms with Crippen molar-refractivity contribution in [1.29, 1.82) is 0 Å². The van der Waals surface area contributed by atoms with E-state index >= 15 is 0 Å². The van der Waals surface area contributed by atoms with E-state index in [4.69, 9.17) is 4.74 Å². The molecule has 0 radical (unpaired) electrons. The van der Waals surface area contributed by atoms with Crippen LogP contribution < -0.4 is 15.4 Å². The van der Waals surface area contributed by atoms with E-state index in [9.17, 15) is 0 Å². The Hall–Kier alpha value is -0.980. The summed E-state index contributed by atoms with van der Waals surface area (Å²) in [6.07, 6.45) is 0. The molecular formula is C14H24IN3O. The van der Waals surface area contributed by atoms with Crippen LogP contribution in [0.4, 0.5) is 0 Å². The fourth-order valence-electron chi connectivity index (χ4n) is 1.49. The number of methoxy groups -OCH3 is 1. The third-order valence-corrected chi connectivity index (χ3v) is 2.50. The standard InChI is InChI=1S/C14H23N3O.HI/c1-11(2)9-16-14(15-3)17-10-12-6-5-7-13(8-12)18-4;/h5-8,11H,9-10H2,1-4H3,(H2,15,16,17);1H. The molecule has 0 fully saturated rings. The molecule has 19 heavy (non-hydrogen) atoms. The summed E-state index contributed by atoms with van der Waals surface area (Å²) >= 11 is 0. The van der Waals surface area contributed by atoms with Crippen LogP contribution in [0, 0.1) is 5.92 Å². The maximum absolute atomic E-state index is 5.19. The average molecular weight is 377 g/mol. The molecule has 0 aromatic heterocycles. The second-order valence-electron chi connectivity index (χ2n) is 4.55. The van der Waals surface area contributed by atoms with Crippen molar-refractivity contribution < 1.29 is 4.74 Å². The first-order chi connectivity index (χ1) is 8.65. The molecule has 0 aliphatic rings. The largest absolute Gasteiger partial charge is 0.497 e. The molecule has 0 atom stereocenters. The van der Waals surface area contributed by atoms with Crippen LogP contribution >= 0.6 is 24.0 Å². The Balaban J connectivity index is 0.00000324. The van der Waals surface area contributed by atoms with Gasteiger partial charge in [-0.05, 0) is 23.6 Å². The van der Waals surface area contributed by atoms with Crippen LogP contribution in [0.15, 0.2) is 29.3 Å². The van der Waals surface area contributed by atoms with Gasteiger partial charge in [0, 0.05) is 20.1 Å². The molecule has 0 saturated carbocycles. The Bertz CT molecular complexity index is 394. The number of guanidine groups is 1. The van der Waals surface area contributed by atoms with E-state index in [0.717, 1.165) is 24.8 Å². The Kier molecular flexibility index (Phi) is 9.38. The number of halogens is 1. The zero-order valence-corrected chi connectivity index (χ0v) is 14.4. The van der Waals surface area contributed by atoms with Gasteiger partial charge in [-0.2, -0.15) is 0 Å². The number of benzene rings is 1. The van der Waals surface area contributed by atoms with E-state index in [2.05, 4.69) is 35.5 Å². The number of hydrogen-bond donors (Lipinski definition) is 2. The summed E-state index contributed by atoms with van der Waals surface area (Å²) in [5, 5.41) is 6.55. The van der Waals surface area contributed by atoms with Crippen LogP contribution in [0.5, 0.6) is 5.75 Å². The Morgan fingerprint density at radius 3 is 2.63 bits per heavy atom. The van der Waals surface area contributed by atoms with Crippen molar-refractivity contribution in [3.8, 4) is 5.75 Å². The quantitative estimate of drug-likeness (QED) is 0.471. The lowest BCUT2D eigenvalue weighted by atomic mass is 10.2. The Morgan fingerprint density at radius 1 is 1.32 bits per heavy atom. The van der Waals surface area contributed by atoms with Crippen molar-refractivity contribution in [1.82, 2.24) is 10.6 Å². The molecule has 0 saturated heterocycles. The van der Waals surface area contributed by atoms with Crippen LogP contribution in [0.3, 0.4) is 0 Å². The number of nitrogens with one attached hydrogen (secondary N) is 2. The van der Waals surface area contributed by atoms with Gasteiger partial charge in [0.1, 0.15) is 5.75 Å². The maximum Gasteiger partial charge on any atom is 0.191 e. The molecule has 0 aliphatic heterocycles. The molecule has 108 valence electrons. The first-order valence-corrected chi connectivity index (χ1v) is 6.23. The summed E-state index contributed by atoms with van der Waals surface area (Å²) in [4.78, 5) is 4.18. The van der Waals surface area contributed by atoms with Crippen molar-refractivity contribution in [2.75, 3.05) is 20.7 Å². The molecule has 0 heterocycles. The molecule has 0 unspecified atom stereocenters. The van der Waals surface area contributed by atoms with E-state index < -0.39 is 0 Å². The van der Waals surface area contributed by atoms with Gasteiger partial charge >= 0.3 is 0 Å². The van der Waals surface area contributed by atoms with Crippen molar-refractivity contribution in [3.63, 3.8) is 0 Å². The minimum absolute atomic E-state index is 0. The van der Waals surface area contributed by atoms with Crippen LogP contribution in [0.1, 0.15) is 19.4 Å². The molecule has 4 nitrogen and oxygen atoms in total. The number of aliphatic imine (C=N–C) groups is 1. The lowest BCUT2D eigenvalue weighted by Gasteiger charge is -2.13. The summed E-state index contributed by atoms with van der Waals surface area (Å²) in [5.74, 6) is 2.30. The van der Waals surface area contributed by atoms with Gasteiger partial charge in [-0.15, -0.1) is 24.0 Å². The fraction of sp³-hybridized carbons (Fsp3) is 0.500. The van der Waals surface area contributed by atoms with Gasteiger partial charge in [0.15, 0.2) is 5.96 Å². The molecule has 0 bridgehead atoms. The third-order valence-electron chi connectivity index (χ3n) is 2.50. The average Bonchev–Trinajstić information content (AvgIpc) is 2.39. The van der Waals surface area contributed by atoms with Crippen LogP contribution in [0.25, 0.3) is 0 Å². The van der Waals surface area contributed by atoms with Crippen LogP contribution in [-0.4, -0.2) is 26.7 Å². The van der Waals surface area contributed by atoms with Crippen molar-refractivity contribution in [3.05, 3.63) is 29.8 Å². The zero-order valence-electron chi connectivity index (χ0n) is 12.1. The highest BCUT2D eigenvalue weighted by Crippen LogP contribution is 2.11. The first-order valence-electron chi connectivity index (χ1n) is 6.23. The predicted molar refractivity (Wildman–Crippen MR) is 91.4 cm³/mol. The monoisotopic (exact) mass is 377 g/mol. The molecule has 5 heteroatoms. The molecular weight excluding hydrogens is 353 g/mol. The highest BCUT2D eigenvalue weighted by molar-refractivity contribution is 14.0. The lowest BCUT2D eigenvalue weighted by molar-refractivity contribution is 0.414. The van der Waals surface area contributed by atoms with E-state index in [0.29, 0.717) is 5.92 Å². The van der Waals surface area contributed by atoms with Gasteiger partial charge in [-0.25, -0.2) is 0 Å². The molecule has 0 amide bonds. The number of nitrogens with zero attached hydrogens (tertiary/aromatic N) is 1. The van der Waals surface area contributed by atoms with Gasteiger partial charge in [-0.1, -0.05) is 26.0 Å². The summed E-state index contributed by atoms with van der Waals surface area (Å²) in [6.45, 7) is 5.98. The summed E-state index contributed by atoms with van der Waals surface area (Å²) in [5.41, 5.74) is 1.17. The normalized spacial score (nSPS) is 10.9. The second-order valence-corrected chi connectivity index (χ2v) is 4.55. The molecule has 0 spiro atoms. The Labute approximate surface area is 133 Å². The number of ether oxygens (including phenoxy) is 1. The molecule has 1 aromatic rings. The molecule has 1 aromatic carbocycles. The van der Waals surface area contributed by atoms with Crippen molar-refractivity contribution in [2.24, 2.45) is 10.9 Å². The summed E-state index contributed by atoms with van der Waals surface area (Å²) < 4.78 is 5.19. The second kappa shape index (κ2) is 9.89. The Morgan fingerprint density at radius 2 is 2.05 bits per heavy atom. The first kappa shape index (κ1) is 18.0. The smallest absolute Gasteiger partial charge is 0.191 e. The van der Waals surface area contributed by atoms with Gasteiger partial charge < -0.3 is 15.4 Å². The SMILES string of the molecule is CN=C(NCc1cccc(OC)c1)NCC(C)C.I. The molecule has 2 N–H and O–H groups in total. The van der Waals surface area contributed by atoms with Gasteiger partial charge in [0.25, 0.3) is 0 Å². The highest BCUT2D eigenvalue weighted by atomic mass is 127.